The van der Waals surface area contributed by atoms with Crippen LogP contribution in [0.1, 0.15) is 54.1 Å². The fourth-order valence-electron chi connectivity index (χ4n) is 5.08. The Kier molecular flexibility index (Phi) is 5.74. The number of alkyl halides is 3. The van der Waals surface area contributed by atoms with Gasteiger partial charge in [-0.3, -0.25) is 9.59 Å². The van der Waals surface area contributed by atoms with Crippen LogP contribution < -0.4 is 5.32 Å². The molecule has 1 aliphatic carbocycles. The predicted molar refractivity (Wildman–Crippen MR) is 116 cm³/mol. The van der Waals surface area contributed by atoms with Gasteiger partial charge in [0.25, 0.3) is 5.91 Å². The standard InChI is InChI=1S/C24H24ClF3N2O2/c1-14(21(31)29-18-6-4-17(25)5-7-18)15-9-11-23(12-10-15)20-8-3-16(24(26,27)28)13-19(20)22(32)30(23)2/h3-8,13-15H,9-12H2,1-2H3,(H,29,31)/t14-,15?,23?/m0/s1. The first-order valence-corrected chi connectivity index (χ1v) is 11.0. The normalized spacial score (nSPS) is 23.9. The zero-order valence-corrected chi connectivity index (χ0v) is 18.6. The van der Waals surface area contributed by atoms with Crippen LogP contribution in [0.2, 0.25) is 5.02 Å². The number of carbonyl (C=O) groups is 2. The van der Waals surface area contributed by atoms with Gasteiger partial charge in [0.2, 0.25) is 5.91 Å². The summed E-state index contributed by atoms with van der Waals surface area (Å²) in [6, 6.07) is 10.4. The molecule has 1 atom stereocenters. The summed E-state index contributed by atoms with van der Waals surface area (Å²) >= 11 is 5.88. The molecule has 2 aromatic rings. The molecule has 4 nitrogen and oxygen atoms in total. The summed E-state index contributed by atoms with van der Waals surface area (Å²) in [5, 5.41) is 3.50. The molecule has 0 radical (unpaired) electrons. The van der Waals surface area contributed by atoms with Crippen LogP contribution in [0, 0.1) is 11.8 Å². The molecule has 2 aliphatic rings. The third-order valence-corrected chi connectivity index (χ3v) is 7.37. The number of nitrogens with one attached hydrogen (secondary N) is 1. The van der Waals surface area contributed by atoms with Gasteiger partial charge in [0.05, 0.1) is 11.1 Å². The number of halogens is 4. The van der Waals surface area contributed by atoms with Gasteiger partial charge in [-0.25, -0.2) is 0 Å². The van der Waals surface area contributed by atoms with Crippen LogP contribution in [-0.2, 0) is 16.5 Å². The molecule has 0 saturated heterocycles. The Bertz CT molecular complexity index is 1040. The molecule has 1 saturated carbocycles. The Labute approximate surface area is 189 Å². The molecule has 1 fully saturated rings. The van der Waals surface area contributed by atoms with Crippen molar-refractivity contribution in [1.82, 2.24) is 4.90 Å². The maximum absolute atomic E-state index is 13.1. The van der Waals surface area contributed by atoms with Crippen LogP contribution in [-0.4, -0.2) is 23.8 Å². The van der Waals surface area contributed by atoms with Crippen LogP contribution >= 0.6 is 11.6 Å². The molecule has 0 unspecified atom stereocenters. The van der Waals surface area contributed by atoms with Crippen LogP contribution in [0.3, 0.4) is 0 Å². The van der Waals surface area contributed by atoms with Crippen molar-refractivity contribution in [2.45, 2.75) is 44.3 Å². The molecule has 4 rings (SSSR count). The maximum atomic E-state index is 13.1. The summed E-state index contributed by atoms with van der Waals surface area (Å²) in [5.41, 5.74) is 0.0497. The smallest absolute Gasteiger partial charge is 0.332 e. The third-order valence-electron chi connectivity index (χ3n) is 7.12. The Morgan fingerprint density at radius 2 is 1.78 bits per heavy atom. The summed E-state index contributed by atoms with van der Waals surface area (Å²) in [4.78, 5) is 27.1. The fourth-order valence-corrected chi connectivity index (χ4v) is 5.21. The van der Waals surface area contributed by atoms with Crippen LogP contribution in [0.25, 0.3) is 0 Å². The Morgan fingerprint density at radius 1 is 1.16 bits per heavy atom. The van der Waals surface area contributed by atoms with Gasteiger partial charge in [0.1, 0.15) is 0 Å². The van der Waals surface area contributed by atoms with Gasteiger partial charge in [-0.05, 0) is 73.6 Å². The number of benzene rings is 2. The topological polar surface area (TPSA) is 49.4 Å². The average Bonchev–Trinajstić information content (AvgIpc) is 2.96. The van der Waals surface area contributed by atoms with Crippen molar-refractivity contribution in [1.29, 1.82) is 0 Å². The average molecular weight is 465 g/mol. The molecule has 0 aromatic heterocycles. The first kappa shape index (κ1) is 22.6. The number of hydrogen-bond donors (Lipinski definition) is 1. The highest BCUT2D eigenvalue weighted by Crippen LogP contribution is 2.51. The van der Waals surface area contributed by atoms with E-state index in [1.807, 2.05) is 6.92 Å². The van der Waals surface area contributed by atoms with E-state index in [0.29, 0.717) is 42.0 Å². The Morgan fingerprint density at radius 3 is 2.38 bits per heavy atom. The highest BCUT2D eigenvalue weighted by Gasteiger charge is 2.50. The Balaban J connectivity index is 1.48. The molecule has 170 valence electrons. The lowest BCUT2D eigenvalue weighted by Gasteiger charge is -2.43. The van der Waals surface area contributed by atoms with Crippen LogP contribution in [0.4, 0.5) is 18.9 Å². The Hall–Kier alpha value is -2.54. The predicted octanol–water partition coefficient (Wildman–Crippen LogP) is 6.10. The first-order chi connectivity index (χ1) is 15.0. The van der Waals surface area contributed by atoms with E-state index in [4.69, 9.17) is 11.6 Å². The minimum Gasteiger partial charge on any atom is -0.332 e. The minimum atomic E-state index is -4.49. The van der Waals surface area contributed by atoms with Crippen molar-refractivity contribution in [2.24, 2.45) is 11.8 Å². The van der Waals surface area contributed by atoms with Crippen molar-refractivity contribution in [3.05, 3.63) is 64.2 Å². The summed E-state index contributed by atoms with van der Waals surface area (Å²) in [6.45, 7) is 1.89. The molecular weight excluding hydrogens is 441 g/mol. The molecule has 2 amide bonds. The van der Waals surface area contributed by atoms with Crippen molar-refractivity contribution in [2.75, 3.05) is 12.4 Å². The van der Waals surface area contributed by atoms with E-state index in [-0.39, 0.29) is 29.2 Å². The maximum Gasteiger partial charge on any atom is 0.416 e. The number of rotatable bonds is 3. The second-order valence-corrected chi connectivity index (χ2v) is 9.21. The number of nitrogens with zero attached hydrogens (tertiary/aromatic N) is 1. The highest BCUT2D eigenvalue weighted by molar-refractivity contribution is 6.30. The second-order valence-electron chi connectivity index (χ2n) is 8.78. The lowest BCUT2D eigenvalue weighted by Crippen LogP contribution is -2.45. The quantitative estimate of drug-likeness (QED) is 0.596. The summed E-state index contributed by atoms with van der Waals surface area (Å²) in [6.07, 6.45) is -1.87. The largest absolute Gasteiger partial charge is 0.416 e. The van der Waals surface area contributed by atoms with Gasteiger partial charge in [-0.2, -0.15) is 13.2 Å². The van der Waals surface area contributed by atoms with Gasteiger partial charge in [-0.15, -0.1) is 0 Å². The first-order valence-electron chi connectivity index (χ1n) is 10.6. The SMILES string of the molecule is C[C@H](C(=O)Nc1ccc(Cl)cc1)C1CCC2(CC1)c1ccc(C(F)(F)F)cc1C(=O)N2C. The van der Waals surface area contributed by atoms with Gasteiger partial charge in [-0.1, -0.05) is 24.6 Å². The molecule has 1 spiro atoms. The zero-order valence-electron chi connectivity index (χ0n) is 17.8. The number of amides is 2. The second kappa shape index (κ2) is 8.10. The van der Waals surface area contributed by atoms with E-state index in [1.165, 1.54) is 6.07 Å². The van der Waals surface area contributed by atoms with Crippen LogP contribution in [0.15, 0.2) is 42.5 Å². The lowest BCUT2D eigenvalue weighted by molar-refractivity contribution is -0.137. The minimum absolute atomic E-state index is 0.0839. The lowest BCUT2D eigenvalue weighted by atomic mass is 9.69. The molecule has 32 heavy (non-hydrogen) atoms. The molecule has 2 aromatic carbocycles. The van der Waals surface area contributed by atoms with Gasteiger partial charge in [0.15, 0.2) is 0 Å². The number of hydrogen-bond acceptors (Lipinski definition) is 2. The van der Waals surface area contributed by atoms with E-state index >= 15 is 0 Å². The van der Waals surface area contributed by atoms with Gasteiger partial charge >= 0.3 is 6.18 Å². The number of anilines is 1. The summed E-state index contributed by atoms with van der Waals surface area (Å²) < 4.78 is 39.4. The summed E-state index contributed by atoms with van der Waals surface area (Å²) in [7, 11) is 1.66. The van der Waals surface area contributed by atoms with Gasteiger partial charge in [0, 0.05) is 29.2 Å². The van der Waals surface area contributed by atoms with E-state index in [9.17, 15) is 22.8 Å². The zero-order chi connectivity index (χ0) is 23.3. The van der Waals surface area contributed by atoms with E-state index in [0.717, 1.165) is 12.1 Å². The highest BCUT2D eigenvalue weighted by atomic mass is 35.5. The summed E-state index contributed by atoms with van der Waals surface area (Å²) in [5.74, 6) is -0.579. The van der Waals surface area contributed by atoms with E-state index < -0.39 is 17.3 Å². The van der Waals surface area contributed by atoms with Crippen molar-refractivity contribution >= 4 is 29.1 Å². The number of fused-ring (bicyclic) bond motifs is 2. The van der Waals surface area contributed by atoms with Crippen molar-refractivity contribution < 1.29 is 22.8 Å². The van der Waals surface area contributed by atoms with Gasteiger partial charge < -0.3 is 10.2 Å². The number of carbonyl (C=O) groups excluding carboxylic acids is 2. The molecule has 1 aliphatic heterocycles. The van der Waals surface area contributed by atoms with Crippen molar-refractivity contribution in [3.63, 3.8) is 0 Å². The molecule has 0 bridgehead atoms. The van der Waals surface area contributed by atoms with E-state index in [2.05, 4.69) is 5.32 Å². The molecular formula is C24H24ClF3N2O2. The molecule has 1 N–H and O–H groups in total. The monoisotopic (exact) mass is 464 g/mol. The van der Waals surface area contributed by atoms with Crippen molar-refractivity contribution in [3.8, 4) is 0 Å². The van der Waals surface area contributed by atoms with Crippen LogP contribution in [0.5, 0.6) is 0 Å². The third kappa shape index (κ3) is 3.87. The fraction of sp³-hybridized carbons (Fsp3) is 0.417. The molecule has 8 heteroatoms. The molecule has 1 heterocycles. The van der Waals surface area contributed by atoms with E-state index in [1.54, 1.807) is 36.2 Å².